The second-order valence-corrected chi connectivity index (χ2v) is 17.0. The number of guanidine groups is 1. The van der Waals surface area contributed by atoms with Gasteiger partial charge in [0.25, 0.3) is 0 Å². The number of nitrogens with zero attached hydrogens (tertiary/aromatic N) is 3. The number of thioether (sulfide) groups is 1. The van der Waals surface area contributed by atoms with Gasteiger partial charge in [-0.05, 0) is 53.7 Å². The van der Waals surface area contributed by atoms with Crippen LogP contribution < -0.4 is 21.3 Å². The Morgan fingerprint density at radius 2 is 1.41 bits per heavy atom. The van der Waals surface area contributed by atoms with Crippen LogP contribution in [0.25, 0.3) is 5.57 Å². The molecule has 1 aliphatic heterocycles. The number of carbonyl (C=O) groups is 4. The van der Waals surface area contributed by atoms with Gasteiger partial charge in [0, 0.05) is 10.6 Å². The van der Waals surface area contributed by atoms with E-state index >= 15 is 0 Å². The Labute approximate surface area is 338 Å². The first-order valence-corrected chi connectivity index (χ1v) is 19.9. The number of nitriles is 1. The normalized spacial score (nSPS) is 12.9. The van der Waals surface area contributed by atoms with Crippen LogP contribution in [0, 0.1) is 11.5 Å². The van der Waals surface area contributed by atoms with E-state index in [9.17, 15) is 19.2 Å². The van der Waals surface area contributed by atoms with Crippen LogP contribution in [-0.2, 0) is 18.9 Å². The summed E-state index contributed by atoms with van der Waals surface area (Å²) in [6.45, 7) is 20.9. The van der Waals surface area contributed by atoms with Crippen LogP contribution in [0.3, 0.4) is 0 Å². The molecule has 1 aromatic carbocycles. The third kappa shape index (κ3) is 18.5. The van der Waals surface area contributed by atoms with Crippen LogP contribution in [0.4, 0.5) is 20.1 Å². The van der Waals surface area contributed by atoms with Gasteiger partial charge in [-0.3, -0.25) is 15.6 Å². The summed E-state index contributed by atoms with van der Waals surface area (Å²) in [4.78, 5) is 58.7. The Bertz CT molecular complexity index is 1750. The summed E-state index contributed by atoms with van der Waals surface area (Å²) in [7, 11) is 1.17. The number of aliphatic imine (C=N–C) groups is 1. The zero-order valence-corrected chi connectivity index (χ0v) is 35.7. The molecule has 1 aliphatic rings. The first-order valence-electron chi connectivity index (χ1n) is 18.1. The third-order valence-electron chi connectivity index (χ3n) is 6.53. The number of anilines is 1. The minimum absolute atomic E-state index is 0.0864. The molecule has 15 nitrogen and oxygen atoms in total. The van der Waals surface area contributed by atoms with Gasteiger partial charge in [0.2, 0.25) is 5.96 Å². The number of carbonyl (C=O) groups excluding carboxylic acids is 4. The number of benzene rings is 1. The average molecular weight is 812 g/mol. The second kappa shape index (κ2) is 21.9. The van der Waals surface area contributed by atoms with Gasteiger partial charge in [-0.15, -0.1) is 11.8 Å². The number of hydrogen-bond donors (Lipinski definition) is 4. The van der Waals surface area contributed by atoms with Gasteiger partial charge >= 0.3 is 192 Å². The van der Waals surface area contributed by atoms with Crippen LogP contribution >= 0.6 is 23.1 Å². The SMILES string of the molecule is CC.CC(C)(C)OC(=O)NC(=BOC#N)N1CC=C(c2ccc(C(=O)Nc3ccc(SCCN=C(NC(=O)OC(C)(C)C)NC(=O)OC(C)(C)C)cc3)s2)CC1. The monoisotopic (exact) mass is 811 g/mol. The molecule has 0 atom stereocenters. The van der Waals surface area contributed by atoms with E-state index in [0.717, 1.165) is 15.3 Å². The maximum absolute atomic E-state index is 13.1. The summed E-state index contributed by atoms with van der Waals surface area (Å²) in [6, 6.07) is 11.1. The summed E-state index contributed by atoms with van der Waals surface area (Å²) in [6.07, 6.45) is 2.03. The predicted molar refractivity (Wildman–Crippen MR) is 223 cm³/mol. The fourth-order valence-electron chi connectivity index (χ4n) is 4.48. The number of hydrogen-bond acceptors (Lipinski definition) is 13. The van der Waals surface area contributed by atoms with Gasteiger partial charge < -0.3 is 9.47 Å². The van der Waals surface area contributed by atoms with Gasteiger partial charge in [-0.1, -0.05) is 13.8 Å². The van der Waals surface area contributed by atoms with Crippen molar-refractivity contribution in [3.8, 4) is 6.26 Å². The fourth-order valence-corrected chi connectivity index (χ4v) is 6.19. The number of rotatable bonds is 10. The minimum atomic E-state index is -0.763. The summed E-state index contributed by atoms with van der Waals surface area (Å²) in [5.41, 5.74) is -0.169. The molecule has 0 bridgehead atoms. The number of nitrogens with one attached hydrogen (secondary N) is 4. The van der Waals surface area contributed by atoms with E-state index in [0.29, 0.717) is 41.5 Å². The first-order chi connectivity index (χ1) is 26.2. The van der Waals surface area contributed by atoms with Gasteiger partial charge in [-0.2, -0.15) is 0 Å². The van der Waals surface area contributed by atoms with Gasteiger partial charge in [0.05, 0.1) is 6.54 Å². The van der Waals surface area contributed by atoms with Crippen molar-refractivity contribution in [1.82, 2.24) is 20.9 Å². The molecule has 0 spiro atoms. The Morgan fingerprint density at radius 1 is 0.857 bits per heavy atom. The van der Waals surface area contributed by atoms with Gasteiger partial charge in [0.1, 0.15) is 11.2 Å². The number of alkyl carbamates (subject to hydrolysis) is 3. The van der Waals surface area contributed by atoms with Crippen molar-refractivity contribution in [3.05, 3.63) is 52.2 Å². The second-order valence-electron chi connectivity index (χ2n) is 14.7. The maximum atomic E-state index is 13.1. The van der Waals surface area contributed by atoms with Crippen LogP contribution in [0.1, 0.15) is 97.1 Å². The molecule has 0 radical (unpaired) electrons. The predicted octanol–water partition coefficient (Wildman–Crippen LogP) is 7.34. The summed E-state index contributed by atoms with van der Waals surface area (Å²) in [5, 5.41) is 19.4. The van der Waals surface area contributed by atoms with Crippen molar-refractivity contribution in [3.63, 3.8) is 0 Å². The number of thiophene rings is 1. The summed E-state index contributed by atoms with van der Waals surface area (Å²) in [5.74, 6) is 0.205. The third-order valence-corrected chi connectivity index (χ3v) is 8.68. The van der Waals surface area contributed by atoms with Crippen molar-refractivity contribution in [2.45, 2.75) is 104 Å². The Morgan fingerprint density at radius 3 is 1.91 bits per heavy atom. The van der Waals surface area contributed by atoms with Crippen LogP contribution in [0.5, 0.6) is 0 Å². The van der Waals surface area contributed by atoms with E-state index in [1.807, 2.05) is 55.2 Å². The fraction of sp³-hybridized carbons (Fsp3) is 0.500. The molecule has 0 fully saturated rings. The molecule has 4 N–H and O–H groups in total. The van der Waals surface area contributed by atoms with Gasteiger partial charge in [-0.25, -0.2) is 9.59 Å². The Hall–Kier alpha value is -5.02. The van der Waals surface area contributed by atoms with E-state index < -0.39 is 35.1 Å². The Kier molecular flexibility index (Phi) is 18.4. The van der Waals surface area contributed by atoms with Crippen molar-refractivity contribution >= 4 is 77.3 Å². The molecule has 4 amide bonds. The molecule has 0 saturated heterocycles. The molecular weight excluding hydrogens is 757 g/mol. The van der Waals surface area contributed by atoms with Gasteiger partial charge in [0.15, 0.2) is 0 Å². The molecule has 0 aliphatic carbocycles. The molecule has 0 saturated carbocycles. The van der Waals surface area contributed by atoms with Crippen molar-refractivity contribution in [2.24, 2.45) is 4.99 Å². The molecule has 0 unspecified atom stereocenters. The molecule has 3 rings (SSSR count). The van der Waals surface area contributed by atoms with Crippen molar-refractivity contribution < 1.29 is 38.0 Å². The quantitative estimate of drug-likeness (QED) is 0.0357. The first kappa shape index (κ1) is 47.1. The zero-order chi connectivity index (χ0) is 42.1. The molecule has 18 heteroatoms. The van der Waals surface area contributed by atoms with Crippen LogP contribution in [-0.4, -0.2) is 90.1 Å². The van der Waals surface area contributed by atoms with E-state index in [-0.39, 0.29) is 18.4 Å². The van der Waals surface area contributed by atoms with Crippen LogP contribution in [0.15, 0.2) is 52.4 Å². The number of amides is 4. The molecule has 1 aromatic heterocycles. The summed E-state index contributed by atoms with van der Waals surface area (Å²) < 4.78 is 20.7. The van der Waals surface area contributed by atoms with E-state index in [4.69, 9.17) is 24.1 Å². The molecule has 2 heterocycles. The summed E-state index contributed by atoms with van der Waals surface area (Å²) >= 11 is 2.89. The van der Waals surface area contributed by atoms with Crippen molar-refractivity contribution in [1.29, 1.82) is 5.26 Å². The topological polar surface area (TPSA) is 193 Å². The standard InChI is InChI=1S/C36H48BN7O8S2.C2H6/c1-34(2,3)50-31(46)41-29(37-49-22-38)44-19-16-23(17-20-44)26-14-15-27(54-26)28(45)40-24-10-12-25(13-11-24)53-21-18-39-30(42-32(47)51-35(4,5)6)43-33(48)52-36(7,8)9;1-2/h10-16H,17-21H2,1-9H3,(H,40,45)(H,41,46)(H2,39,42,43,47,48);1-2H3. The van der Waals surface area contributed by atoms with Crippen molar-refractivity contribution in [2.75, 3.05) is 30.7 Å². The molecule has 2 aromatic rings. The number of ether oxygens (including phenoxy) is 3. The van der Waals surface area contributed by atoms with E-state index in [1.54, 1.807) is 74.6 Å². The van der Waals surface area contributed by atoms with E-state index in [1.165, 1.54) is 30.2 Å². The Balaban J connectivity index is 0.00000532. The molecular formula is C38H54BN7O8S2. The molecule has 304 valence electrons. The van der Waals surface area contributed by atoms with Crippen LogP contribution in [0.2, 0.25) is 0 Å². The zero-order valence-electron chi connectivity index (χ0n) is 34.1. The van der Waals surface area contributed by atoms with E-state index in [2.05, 4.69) is 26.3 Å². The molecule has 56 heavy (non-hydrogen) atoms. The average Bonchev–Trinajstić information content (AvgIpc) is 3.58.